The summed E-state index contributed by atoms with van der Waals surface area (Å²) in [6.45, 7) is 2.04. The Morgan fingerprint density at radius 1 is 1.14 bits per heavy atom. The maximum Gasteiger partial charge on any atom is 0.166 e. The molecule has 0 atom stereocenters. The largest absolute Gasteiger partial charge is 0.370 e. The number of para-hydroxylation sites is 1. The number of rotatable bonds is 0. The van der Waals surface area contributed by atoms with Gasteiger partial charge in [0.2, 0.25) is 0 Å². The number of hydrogen-bond donors (Lipinski definition) is 0. The molecule has 0 aliphatic carbocycles. The Kier molecular flexibility index (Phi) is 1.63. The quantitative estimate of drug-likeness (QED) is 0.619. The van der Waals surface area contributed by atoms with Crippen molar-refractivity contribution in [1.29, 1.82) is 0 Å². The fourth-order valence-electron chi connectivity index (χ4n) is 2.56. The van der Waals surface area contributed by atoms with Gasteiger partial charge in [-0.1, -0.05) is 12.1 Å². The monoisotopic (exact) mass is 187 g/mol. The van der Waals surface area contributed by atoms with Crippen LogP contribution >= 0.6 is 0 Å². The predicted molar refractivity (Wildman–Crippen MR) is 55.9 cm³/mol. The molecule has 0 spiro atoms. The standard InChI is InChI=1S/C12H13NO/c14-11-6-8-13-7-2-4-9-3-1-5-10(11)12(9)13/h1,3,5H,2,4,6-8H2. The third kappa shape index (κ3) is 0.999. The molecule has 0 N–H and O–H groups in total. The summed E-state index contributed by atoms with van der Waals surface area (Å²) in [5, 5.41) is 0. The van der Waals surface area contributed by atoms with E-state index in [1.54, 1.807) is 0 Å². The molecule has 14 heavy (non-hydrogen) atoms. The van der Waals surface area contributed by atoms with E-state index in [9.17, 15) is 4.79 Å². The molecule has 0 aromatic heterocycles. The van der Waals surface area contributed by atoms with E-state index in [0.717, 1.165) is 25.1 Å². The van der Waals surface area contributed by atoms with Crippen molar-refractivity contribution in [1.82, 2.24) is 0 Å². The molecule has 1 aromatic carbocycles. The van der Waals surface area contributed by atoms with Crippen molar-refractivity contribution in [2.45, 2.75) is 19.3 Å². The number of Topliss-reactive ketones (excluding diaryl/α,β-unsaturated/α-hetero) is 1. The summed E-state index contributed by atoms with van der Waals surface area (Å²) in [6, 6.07) is 6.14. The van der Waals surface area contributed by atoms with Crippen molar-refractivity contribution in [2.75, 3.05) is 18.0 Å². The smallest absolute Gasteiger partial charge is 0.166 e. The first kappa shape index (κ1) is 8.04. The van der Waals surface area contributed by atoms with Gasteiger partial charge in [0.05, 0.1) is 5.69 Å². The van der Waals surface area contributed by atoms with Gasteiger partial charge < -0.3 is 4.90 Å². The average molecular weight is 187 g/mol. The van der Waals surface area contributed by atoms with Crippen molar-refractivity contribution in [2.24, 2.45) is 0 Å². The number of carbonyl (C=O) groups excluding carboxylic acids is 1. The van der Waals surface area contributed by atoms with E-state index < -0.39 is 0 Å². The lowest BCUT2D eigenvalue weighted by atomic mass is 9.91. The van der Waals surface area contributed by atoms with Crippen molar-refractivity contribution >= 4 is 11.5 Å². The van der Waals surface area contributed by atoms with Crippen LogP contribution in [0.3, 0.4) is 0 Å². The molecular formula is C12H13NO. The van der Waals surface area contributed by atoms with E-state index in [2.05, 4.69) is 11.0 Å². The Hall–Kier alpha value is -1.31. The SMILES string of the molecule is O=C1CCN2CCCc3cccc1c32. The van der Waals surface area contributed by atoms with Gasteiger partial charge in [0.15, 0.2) is 5.78 Å². The highest BCUT2D eigenvalue weighted by molar-refractivity contribution is 6.04. The number of hydrogen-bond acceptors (Lipinski definition) is 2. The molecule has 0 bridgehead atoms. The van der Waals surface area contributed by atoms with Crippen LogP contribution in [0, 0.1) is 0 Å². The second-order valence-electron chi connectivity index (χ2n) is 4.08. The molecule has 2 heteroatoms. The Labute approximate surface area is 83.5 Å². The topological polar surface area (TPSA) is 20.3 Å². The van der Waals surface area contributed by atoms with Gasteiger partial charge >= 0.3 is 0 Å². The number of anilines is 1. The lowest BCUT2D eigenvalue weighted by Crippen LogP contribution is -2.36. The molecular weight excluding hydrogens is 174 g/mol. The second kappa shape index (κ2) is 2.84. The number of ketones is 1. The van der Waals surface area contributed by atoms with Crippen LogP contribution in [0.4, 0.5) is 5.69 Å². The highest BCUT2D eigenvalue weighted by Crippen LogP contribution is 2.34. The summed E-state index contributed by atoms with van der Waals surface area (Å²) in [5.41, 5.74) is 3.55. The molecule has 0 saturated carbocycles. The maximum absolute atomic E-state index is 11.7. The van der Waals surface area contributed by atoms with Crippen molar-refractivity contribution in [3.05, 3.63) is 29.3 Å². The van der Waals surface area contributed by atoms with Crippen molar-refractivity contribution in [3.8, 4) is 0 Å². The van der Waals surface area contributed by atoms with Crippen LogP contribution in [-0.2, 0) is 6.42 Å². The number of nitrogens with zero attached hydrogens (tertiary/aromatic N) is 1. The van der Waals surface area contributed by atoms with Crippen LogP contribution in [-0.4, -0.2) is 18.9 Å². The molecule has 72 valence electrons. The number of carbonyl (C=O) groups is 1. The summed E-state index contributed by atoms with van der Waals surface area (Å²) >= 11 is 0. The van der Waals surface area contributed by atoms with E-state index in [-0.39, 0.29) is 0 Å². The molecule has 3 rings (SSSR count). The van der Waals surface area contributed by atoms with Gasteiger partial charge in [-0.25, -0.2) is 0 Å². The Morgan fingerprint density at radius 2 is 2.07 bits per heavy atom. The zero-order valence-corrected chi connectivity index (χ0v) is 8.12. The zero-order chi connectivity index (χ0) is 9.54. The minimum atomic E-state index is 0.319. The van der Waals surface area contributed by atoms with Crippen LogP contribution in [0.2, 0.25) is 0 Å². The molecule has 0 radical (unpaired) electrons. The van der Waals surface area contributed by atoms with Crippen LogP contribution in [0.15, 0.2) is 18.2 Å². The van der Waals surface area contributed by atoms with Crippen LogP contribution < -0.4 is 4.90 Å². The molecule has 0 amide bonds. The first-order valence-electron chi connectivity index (χ1n) is 5.26. The van der Waals surface area contributed by atoms with Gasteiger partial charge in [0.25, 0.3) is 0 Å². The molecule has 2 aliphatic heterocycles. The number of aryl methyl sites for hydroxylation is 1. The van der Waals surface area contributed by atoms with Gasteiger partial charge in [-0.15, -0.1) is 0 Å². The summed E-state index contributed by atoms with van der Waals surface area (Å²) in [7, 11) is 0. The van der Waals surface area contributed by atoms with E-state index in [1.165, 1.54) is 17.7 Å². The molecule has 0 fully saturated rings. The van der Waals surface area contributed by atoms with E-state index in [1.807, 2.05) is 12.1 Å². The second-order valence-corrected chi connectivity index (χ2v) is 4.08. The van der Waals surface area contributed by atoms with Gasteiger partial charge in [-0.3, -0.25) is 4.79 Å². The normalized spacial score (nSPS) is 19.4. The Morgan fingerprint density at radius 3 is 3.00 bits per heavy atom. The molecule has 2 heterocycles. The molecule has 0 saturated heterocycles. The third-order valence-electron chi connectivity index (χ3n) is 3.22. The first-order valence-corrected chi connectivity index (χ1v) is 5.26. The predicted octanol–water partition coefficient (Wildman–Crippen LogP) is 2.03. The van der Waals surface area contributed by atoms with Crippen LogP contribution in [0.25, 0.3) is 0 Å². The zero-order valence-electron chi connectivity index (χ0n) is 8.12. The third-order valence-corrected chi connectivity index (χ3v) is 3.22. The lowest BCUT2D eigenvalue weighted by Gasteiger charge is -2.35. The average Bonchev–Trinajstić information content (AvgIpc) is 2.24. The summed E-state index contributed by atoms with van der Waals surface area (Å²) in [6.07, 6.45) is 3.05. The van der Waals surface area contributed by atoms with Gasteiger partial charge in [0, 0.05) is 25.1 Å². The van der Waals surface area contributed by atoms with Crippen molar-refractivity contribution in [3.63, 3.8) is 0 Å². The summed E-state index contributed by atoms with van der Waals surface area (Å²) < 4.78 is 0. The van der Waals surface area contributed by atoms with E-state index >= 15 is 0 Å². The molecule has 2 nitrogen and oxygen atoms in total. The Balaban J connectivity index is 2.24. The van der Waals surface area contributed by atoms with Crippen molar-refractivity contribution < 1.29 is 4.79 Å². The van der Waals surface area contributed by atoms with Gasteiger partial charge in [-0.2, -0.15) is 0 Å². The summed E-state index contributed by atoms with van der Waals surface area (Å²) in [4.78, 5) is 14.1. The molecule has 1 aromatic rings. The van der Waals surface area contributed by atoms with E-state index in [0.29, 0.717) is 12.2 Å². The van der Waals surface area contributed by atoms with Gasteiger partial charge in [0.1, 0.15) is 0 Å². The van der Waals surface area contributed by atoms with Crippen LogP contribution in [0.1, 0.15) is 28.8 Å². The van der Waals surface area contributed by atoms with Gasteiger partial charge in [-0.05, 0) is 24.5 Å². The Bertz CT molecular complexity index is 397. The highest BCUT2D eigenvalue weighted by atomic mass is 16.1. The maximum atomic E-state index is 11.7. The molecule has 0 unspecified atom stereocenters. The summed E-state index contributed by atoms with van der Waals surface area (Å²) in [5.74, 6) is 0.319. The fourth-order valence-corrected chi connectivity index (χ4v) is 2.56. The minimum absolute atomic E-state index is 0.319. The minimum Gasteiger partial charge on any atom is -0.370 e. The highest BCUT2D eigenvalue weighted by Gasteiger charge is 2.27. The number of benzene rings is 1. The van der Waals surface area contributed by atoms with E-state index in [4.69, 9.17) is 0 Å². The first-order chi connectivity index (χ1) is 6.86. The van der Waals surface area contributed by atoms with Crippen LogP contribution in [0.5, 0.6) is 0 Å². The molecule has 2 aliphatic rings. The lowest BCUT2D eigenvalue weighted by molar-refractivity contribution is 0.0979. The fraction of sp³-hybridized carbons (Fsp3) is 0.417.